The number of carbonyl (C=O) groups excluding carboxylic acids is 2. The molecule has 0 fully saturated rings. The smallest absolute Gasteiger partial charge is 0.399 e. The lowest BCUT2D eigenvalue weighted by Crippen LogP contribution is -2.36. The van der Waals surface area contributed by atoms with E-state index in [4.69, 9.17) is 47.4 Å². The monoisotopic (exact) mass is 531 g/mol. The van der Waals surface area contributed by atoms with E-state index in [0.29, 0.717) is 5.56 Å². The van der Waals surface area contributed by atoms with Gasteiger partial charge in [-0.15, -0.1) is 0 Å². The molecule has 0 aromatic heterocycles. The number of hydrogen-bond acceptors (Lipinski definition) is 3. The molecule has 0 aliphatic heterocycles. The summed E-state index contributed by atoms with van der Waals surface area (Å²) in [5.41, 5.74) is -0.489. The Morgan fingerprint density at radius 3 is 2.18 bits per heavy atom. The largest absolute Gasteiger partial charge is 0.459 e. The first-order chi connectivity index (χ1) is 15.6. The van der Waals surface area contributed by atoms with Gasteiger partial charge in [0.1, 0.15) is 20.0 Å². The van der Waals surface area contributed by atoms with Crippen LogP contribution in [0.15, 0.2) is 36.4 Å². The summed E-state index contributed by atoms with van der Waals surface area (Å²) < 4.78 is 46.2. The number of carbonyl (C=O) groups is 2. The van der Waals surface area contributed by atoms with Gasteiger partial charge in [-0.25, -0.2) is 0 Å². The van der Waals surface area contributed by atoms with E-state index in [1.165, 1.54) is 24.3 Å². The summed E-state index contributed by atoms with van der Waals surface area (Å²) in [5, 5.41) is 2.16. The quantitative estimate of drug-likeness (QED) is 0.288. The van der Waals surface area contributed by atoms with Crippen molar-refractivity contribution >= 4 is 66.1 Å². The van der Waals surface area contributed by atoms with Crippen molar-refractivity contribution in [3.63, 3.8) is 0 Å². The molecular formula is C23H20BCl3F3NO3. The van der Waals surface area contributed by atoms with Crippen LogP contribution < -0.4 is 10.8 Å². The summed E-state index contributed by atoms with van der Waals surface area (Å²) in [6, 6.07) is 6.31. The highest BCUT2D eigenvalue weighted by atomic mass is 35.5. The summed E-state index contributed by atoms with van der Waals surface area (Å²) in [6.45, 7) is 4.71. The van der Waals surface area contributed by atoms with Gasteiger partial charge in [0.05, 0.1) is 21.0 Å². The molecule has 0 bridgehead atoms. The summed E-state index contributed by atoms with van der Waals surface area (Å²) >= 11 is 17.6. The van der Waals surface area contributed by atoms with Crippen molar-refractivity contribution < 1.29 is 27.5 Å². The molecule has 0 spiro atoms. The number of allylic oxidation sites excluding steroid dienone is 1. The molecule has 0 saturated carbocycles. The van der Waals surface area contributed by atoms with Crippen LogP contribution >= 0.6 is 34.8 Å². The Labute approximate surface area is 211 Å². The first-order valence-electron chi connectivity index (χ1n) is 9.87. The van der Waals surface area contributed by atoms with Crippen molar-refractivity contribution in [2.24, 2.45) is 0 Å². The van der Waals surface area contributed by atoms with Crippen LogP contribution in [0.2, 0.25) is 15.1 Å². The molecule has 180 valence electrons. The molecular weight excluding hydrogens is 512 g/mol. The molecule has 11 heteroatoms. The molecule has 0 heterocycles. The number of hydrogen-bond donors (Lipinski definition) is 1. The third-order valence-electron chi connectivity index (χ3n) is 4.33. The molecule has 2 aromatic carbocycles. The fraction of sp³-hybridized carbons (Fsp3) is 0.304. The highest BCUT2D eigenvalue weighted by Crippen LogP contribution is 2.41. The second-order valence-corrected chi connectivity index (χ2v) is 9.49. The van der Waals surface area contributed by atoms with Gasteiger partial charge in [0.2, 0.25) is 0 Å². The van der Waals surface area contributed by atoms with E-state index in [1.807, 2.05) is 0 Å². The summed E-state index contributed by atoms with van der Waals surface area (Å²) in [5.74, 6) is -3.27. The first kappa shape index (κ1) is 28.1. The topological polar surface area (TPSA) is 55.4 Å². The summed E-state index contributed by atoms with van der Waals surface area (Å²) in [7, 11) is 5.91. The van der Waals surface area contributed by atoms with Gasteiger partial charge < -0.3 is 10.1 Å². The van der Waals surface area contributed by atoms with Gasteiger partial charge >= 0.3 is 12.1 Å². The number of esters is 1. The van der Waals surface area contributed by atoms with Crippen molar-refractivity contribution in [1.82, 2.24) is 5.32 Å². The Hall–Kier alpha value is -2.16. The van der Waals surface area contributed by atoms with Crippen LogP contribution in [0.5, 0.6) is 0 Å². The molecule has 1 amide bonds. The lowest BCUT2D eigenvalue weighted by molar-refractivity contribution is -0.153. The number of amides is 1. The first-order valence-corrected chi connectivity index (χ1v) is 11.0. The van der Waals surface area contributed by atoms with E-state index in [-0.39, 0.29) is 38.2 Å². The maximum atomic E-state index is 13.7. The lowest BCUT2D eigenvalue weighted by atomic mass is 9.88. The predicted octanol–water partition coefficient (Wildman–Crippen LogP) is 5.87. The molecule has 1 atom stereocenters. The zero-order chi connectivity index (χ0) is 25.8. The molecule has 34 heavy (non-hydrogen) atoms. The number of benzene rings is 2. The normalized spacial score (nSPS) is 13.1. The van der Waals surface area contributed by atoms with Gasteiger partial charge in [0.25, 0.3) is 5.91 Å². The number of ether oxygens (including phenoxy) is 1. The van der Waals surface area contributed by atoms with Gasteiger partial charge in [0, 0.05) is 5.56 Å². The molecule has 0 aliphatic carbocycles. The van der Waals surface area contributed by atoms with Gasteiger partial charge in [-0.05, 0) is 50.1 Å². The minimum atomic E-state index is -4.63. The van der Waals surface area contributed by atoms with Crippen LogP contribution in [0.3, 0.4) is 0 Å². The highest BCUT2D eigenvalue weighted by Gasteiger charge is 2.39. The number of rotatable bonds is 6. The van der Waals surface area contributed by atoms with E-state index in [1.54, 1.807) is 20.8 Å². The molecule has 0 aliphatic rings. The van der Waals surface area contributed by atoms with Gasteiger partial charge in [-0.2, -0.15) is 13.2 Å². The zero-order valence-corrected chi connectivity index (χ0v) is 20.7. The molecule has 2 rings (SSSR count). The Kier molecular flexibility index (Phi) is 9.13. The molecule has 0 saturated heterocycles. The third kappa shape index (κ3) is 7.96. The number of alkyl halides is 3. The maximum absolute atomic E-state index is 13.7. The van der Waals surface area contributed by atoms with Crippen molar-refractivity contribution in [2.45, 2.75) is 38.5 Å². The third-order valence-corrected chi connectivity index (χ3v) is 5.53. The molecule has 2 radical (unpaired) electrons. The standard InChI is InChI=1S/C23H20BCl3F3NO3/c1-22(2,3)34-19(32)11-31-21(33)14-6-4-12(8-16(14)24)5-7-15(23(28,29)30)13-9-17(25)20(27)18(26)10-13/h4-10,15H,11H2,1-3H3,(H,31,33)/b7-5+. The van der Waals surface area contributed by atoms with Crippen molar-refractivity contribution in [3.8, 4) is 0 Å². The van der Waals surface area contributed by atoms with Gasteiger partial charge in [0.15, 0.2) is 0 Å². The van der Waals surface area contributed by atoms with Crippen LogP contribution in [0.25, 0.3) is 6.08 Å². The lowest BCUT2D eigenvalue weighted by Gasteiger charge is -2.19. The van der Waals surface area contributed by atoms with E-state index in [0.717, 1.165) is 18.2 Å². The number of halogens is 6. The molecule has 4 nitrogen and oxygen atoms in total. The Bertz CT molecular complexity index is 1090. The molecule has 1 unspecified atom stereocenters. The van der Waals surface area contributed by atoms with Crippen LogP contribution in [0, 0.1) is 0 Å². The zero-order valence-electron chi connectivity index (χ0n) is 18.4. The van der Waals surface area contributed by atoms with Crippen LogP contribution in [0.4, 0.5) is 13.2 Å². The van der Waals surface area contributed by atoms with E-state index in [2.05, 4.69) is 5.32 Å². The van der Waals surface area contributed by atoms with Crippen LogP contribution in [0.1, 0.15) is 48.2 Å². The molecule has 1 N–H and O–H groups in total. The minimum Gasteiger partial charge on any atom is -0.459 e. The van der Waals surface area contributed by atoms with E-state index >= 15 is 0 Å². The van der Waals surface area contributed by atoms with Gasteiger partial charge in [-0.3, -0.25) is 9.59 Å². The second kappa shape index (κ2) is 11.1. The SMILES string of the molecule is [B]c1cc(/C=C/C(c2cc(Cl)c(Cl)c(Cl)c2)C(F)(F)F)ccc1C(=O)NCC(=O)OC(C)(C)C. The van der Waals surface area contributed by atoms with Crippen molar-refractivity contribution in [2.75, 3.05) is 6.54 Å². The Morgan fingerprint density at radius 2 is 1.68 bits per heavy atom. The Balaban J connectivity index is 2.20. The van der Waals surface area contributed by atoms with Crippen molar-refractivity contribution in [1.29, 1.82) is 0 Å². The fourth-order valence-electron chi connectivity index (χ4n) is 2.89. The highest BCUT2D eigenvalue weighted by molar-refractivity contribution is 6.48. The minimum absolute atomic E-state index is 0.0185. The van der Waals surface area contributed by atoms with Gasteiger partial charge in [-0.1, -0.05) is 64.6 Å². The predicted molar refractivity (Wildman–Crippen MR) is 129 cm³/mol. The average Bonchev–Trinajstić information content (AvgIpc) is 2.68. The summed E-state index contributed by atoms with van der Waals surface area (Å²) in [6.07, 6.45) is -2.50. The van der Waals surface area contributed by atoms with E-state index in [9.17, 15) is 22.8 Å². The summed E-state index contributed by atoms with van der Waals surface area (Å²) in [4.78, 5) is 24.1. The molecule has 2 aromatic rings. The average molecular weight is 533 g/mol. The Morgan fingerprint density at radius 1 is 1.09 bits per heavy atom. The number of nitrogens with one attached hydrogen (secondary N) is 1. The van der Waals surface area contributed by atoms with Crippen molar-refractivity contribution in [3.05, 3.63) is 68.2 Å². The van der Waals surface area contributed by atoms with E-state index < -0.39 is 29.6 Å². The maximum Gasteiger partial charge on any atom is 0.399 e. The van der Waals surface area contributed by atoms with Crippen LogP contribution in [-0.2, 0) is 9.53 Å². The second-order valence-electron chi connectivity index (χ2n) is 8.29. The fourth-order valence-corrected chi connectivity index (χ4v) is 3.50. The van der Waals surface area contributed by atoms with Crippen LogP contribution in [-0.4, -0.2) is 38.0 Å².